The molecule has 4 aliphatic carbocycles. The summed E-state index contributed by atoms with van der Waals surface area (Å²) in [6.07, 6.45) is 5.41. The molecule has 4 aliphatic rings. The predicted octanol–water partition coefficient (Wildman–Crippen LogP) is 6.25. The van der Waals surface area contributed by atoms with E-state index in [4.69, 9.17) is 14.2 Å². The van der Waals surface area contributed by atoms with Crippen LogP contribution in [-0.4, -0.2) is 59.6 Å². The Morgan fingerprint density at radius 2 is 1.67 bits per heavy atom. The molecule has 8 heteroatoms. The molecular formula is C35H54O8. The van der Waals surface area contributed by atoms with Gasteiger partial charge in [0.1, 0.15) is 12.2 Å². The van der Waals surface area contributed by atoms with Gasteiger partial charge in [0.25, 0.3) is 0 Å². The smallest absolute Gasteiger partial charge is 0.330 e. The molecule has 0 saturated heterocycles. The highest BCUT2D eigenvalue weighted by Crippen LogP contribution is 2.73. The van der Waals surface area contributed by atoms with Crippen LogP contribution >= 0.6 is 0 Å². The Labute approximate surface area is 257 Å². The normalized spacial score (nSPS) is 40.1. The first-order valence-electron chi connectivity index (χ1n) is 16.1. The highest BCUT2D eigenvalue weighted by atomic mass is 16.5. The van der Waals surface area contributed by atoms with Crippen molar-refractivity contribution in [2.75, 3.05) is 7.11 Å². The second-order valence-electron chi connectivity index (χ2n) is 15.2. The summed E-state index contributed by atoms with van der Waals surface area (Å²) in [5, 5.41) is 21.4. The fraction of sp³-hybridized carbons (Fsp3) is 0.800. The maximum absolute atomic E-state index is 12.2. The van der Waals surface area contributed by atoms with Gasteiger partial charge in [-0.05, 0) is 79.6 Å². The van der Waals surface area contributed by atoms with Crippen LogP contribution < -0.4 is 0 Å². The minimum absolute atomic E-state index is 0.0450. The second-order valence-corrected chi connectivity index (χ2v) is 15.2. The molecule has 2 fully saturated rings. The van der Waals surface area contributed by atoms with E-state index >= 15 is 0 Å². The summed E-state index contributed by atoms with van der Waals surface area (Å²) in [7, 11) is 1.77. The third-order valence-corrected chi connectivity index (χ3v) is 12.9. The van der Waals surface area contributed by atoms with Gasteiger partial charge in [0.15, 0.2) is 0 Å². The number of carbonyl (C=O) groups is 3. The van der Waals surface area contributed by atoms with Crippen LogP contribution in [0.4, 0.5) is 0 Å². The Kier molecular flexibility index (Phi) is 9.11. The van der Waals surface area contributed by atoms with E-state index < -0.39 is 29.6 Å². The average Bonchev–Trinajstić information content (AvgIpc) is 3.13. The zero-order valence-electron chi connectivity index (χ0n) is 27.9. The highest BCUT2D eigenvalue weighted by molar-refractivity contribution is 5.85. The monoisotopic (exact) mass is 602 g/mol. The predicted molar refractivity (Wildman–Crippen MR) is 163 cm³/mol. The van der Waals surface area contributed by atoms with Crippen molar-refractivity contribution in [2.24, 2.45) is 39.4 Å². The molecule has 8 nitrogen and oxygen atoms in total. The lowest BCUT2D eigenvalue weighted by Crippen LogP contribution is -2.60. The lowest BCUT2D eigenvalue weighted by atomic mass is 9.42. The van der Waals surface area contributed by atoms with Gasteiger partial charge in [0.05, 0.1) is 12.2 Å². The van der Waals surface area contributed by atoms with E-state index in [9.17, 15) is 24.6 Å². The molecule has 242 valence electrons. The number of methoxy groups -OCH3 is 1. The molecule has 2 saturated carbocycles. The summed E-state index contributed by atoms with van der Waals surface area (Å²) in [5.41, 5.74) is 1.71. The van der Waals surface area contributed by atoms with Crippen molar-refractivity contribution in [3.63, 3.8) is 0 Å². The number of rotatable bonds is 8. The molecule has 10 atom stereocenters. The average molecular weight is 603 g/mol. The minimum Gasteiger partial charge on any atom is -0.478 e. The van der Waals surface area contributed by atoms with Crippen molar-refractivity contribution in [3.8, 4) is 0 Å². The number of aliphatic hydroxyl groups is 1. The Balaban J connectivity index is 1.76. The van der Waals surface area contributed by atoms with E-state index in [1.165, 1.54) is 25.0 Å². The molecule has 4 rings (SSSR count). The molecule has 4 unspecified atom stereocenters. The van der Waals surface area contributed by atoms with E-state index in [1.54, 1.807) is 20.1 Å². The molecule has 0 bridgehead atoms. The van der Waals surface area contributed by atoms with Crippen LogP contribution in [0.2, 0.25) is 0 Å². The summed E-state index contributed by atoms with van der Waals surface area (Å²) in [6.45, 7) is 17.9. The van der Waals surface area contributed by atoms with E-state index in [0.29, 0.717) is 12.8 Å². The zero-order chi connectivity index (χ0) is 32.3. The standard InChI is InChI=1S/C35H54O8/c1-19(31(39)40)11-12-25(42-21(3)36)20(2)24-17-28(38)35(9)30-23(13-16-34(24,35)8)33(7)15-14-29(43-22(4)37)32(5,6)27(33)18-26(30)41-10/h11,20,24-29,38H,12-18H2,1-10H3,(H,39,40)/b19-11-/t20-,24+,25?,26?,27-,28?,29?,33+,34+,35-/m0/s1. The van der Waals surface area contributed by atoms with Crippen LogP contribution in [0.5, 0.6) is 0 Å². The Bertz CT molecular complexity index is 1200. The lowest BCUT2D eigenvalue weighted by molar-refractivity contribution is -0.171. The number of esters is 2. The molecule has 0 aromatic carbocycles. The maximum atomic E-state index is 12.2. The van der Waals surface area contributed by atoms with Crippen molar-refractivity contribution in [3.05, 3.63) is 22.8 Å². The largest absolute Gasteiger partial charge is 0.478 e. The molecule has 0 spiro atoms. The number of aliphatic carboxylic acids is 1. The van der Waals surface area contributed by atoms with Crippen molar-refractivity contribution in [1.29, 1.82) is 0 Å². The highest BCUT2D eigenvalue weighted by Gasteiger charge is 2.69. The minimum atomic E-state index is -0.989. The molecule has 0 heterocycles. The number of aliphatic hydroxyl groups excluding tert-OH is 1. The van der Waals surface area contributed by atoms with Crippen molar-refractivity contribution >= 4 is 17.9 Å². The quantitative estimate of drug-likeness (QED) is 0.190. The van der Waals surface area contributed by atoms with Gasteiger partial charge in [-0.25, -0.2) is 4.79 Å². The van der Waals surface area contributed by atoms with Gasteiger partial charge in [-0.1, -0.05) is 53.2 Å². The zero-order valence-corrected chi connectivity index (χ0v) is 27.9. The number of allylic oxidation sites excluding steroid dienone is 1. The molecule has 2 N–H and O–H groups in total. The number of carboxylic acid groups (broad SMARTS) is 1. The van der Waals surface area contributed by atoms with Crippen LogP contribution in [0, 0.1) is 39.4 Å². The van der Waals surface area contributed by atoms with Gasteiger partial charge in [0, 0.05) is 43.8 Å². The van der Waals surface area contributed by atoms with Crippen LogP contribution in [0.3, 0.4) is 0 Å². The fourth-order valence-corrected chi connectivity index (χ4v) is 10.3. The summed E-state index contributed by atoms with van der Waals surface area (Å²) in [6, 6.07) is 0. The lowest BCUT2D eigenvalue weighted by Gasteiger charge is -2.63. The summed E-state index contributed by atoms with van der Waals surface area (Å²) in [4.78, 5) is 35.6. The summed E-state index contributed by atoms with van der Waals surface area (Å²) >= 11 is 0. The van der Waals surface area contributed by atoms with E-state index in [-0.39, 0.29) is 57.7 Å². The van der Waals surface area contributed by atoms with Crippen molar-refractivity contribution < 1.29 is 38.8 Å². The van der Waals surface area contributed by atoms with E-state index in [2.05, 4.69) is 41.5 Å². The number of hydrogen-bond acceptors (Lipinski definition) is 7. The second kappa shape index (κ2) is 11.6. The van der Waals surface area contributed by atoms with E-state index in [1.807, 2.05) is 0 Å². The number of carbonyl (C=O) groups excluding carboxylic acids is 2. The van der Waals surface area contributed by atoms with Crippen molar-refractivity contribution in [2.45, 2.75) is 132 Å². The molecule has 0 aliphatic heterocycles. The third-order valence-electron chi connectivity index (χ3n) is 12.9. The van der Waals surface area contributed by atoms with Gasteiger partial charge < -0.3 is 24.4 Å². The molecule has 0 amide bonds. The number of carboxylic acids is 1. The molecule has 0 aromatic heterocycles. The number of fused-ring (bicyclic) bond motifs is 4. The maximum Gasteiger partial charge on any atom is 0.330 e. The first-order chi connectivity index (χ1) is 19.9. The van der Waals surface area contributed by atoms with Crippen LogP contribution in [0.25, 0.3) is 0 Å². The summed E-state index contributed by atoms with van der Waals surface area (Å²) < 4.78 is 18.0. The first-order valence-corrected chi connectivity index (χ1v) is 16.1. The molecule has 43 heavy (non-hydrogen) atoms. The third kappa shape index (κ3) is 5.28. The fourth-order valence-electron chi connectivity index (χ4n) is 10.3. The molecule has 0 aromatic rings. The molecule has 0 radical (unpaired) electrons. The van der Waals surface area contributed by atoms with Crippen LogP contribution in [0.1, 0.15) is 107 Å². The number of ether oxygens (including phenoxy) is 3. The summed E-state index contributed by atoms with van der Waals surface area (Å²) in [5.74, 6) is -1.43. The Hall–Kier alpha value is -2.19. The van der Waals surface area contributed by atoms with E-state index in [0.717, 1.165) is 32.1 Å². The van der Waals surface area contributed by atoms with Gasteiger partial charge in [-0.15, -0.1) is 0 Å². The Morgan fingerprint density at radius 1 is 1.02 bits per heavy atom. The molecular weight excluding hydrogens is 548 g/mol. The van der Waals surface area contributed by atoms with Gasteiger partial charge in [0.2, 0.25) is 0 Å². The van der Waals surface area contributed by atoms with Gasteiger partial charge in [-0.3, -0.25) is 9.59 Å². The SMILES string of the molecule is COC1C[C@H]2C(C)(C)C(OC(C)=O)CC[C@]2(C)C2=C1[C@]1(C)C(O)C[C@H]([C@H](C)C(C/C=C(/C)C(=O)O)OC(C)=O)[C@@]1(C)CC2. The first kappa shape index (κ1) is 33.7. The van der Waals surface area contributed by atoms with Crippen molar-refractivity contribution in [1.82, 2.24) is 0 Å². The van der Waals surface area contributed by atoms with Gasteiger partial charge >= 0.3 is 17.9 Å². The number of hydrogen-bond donors (Lipinski definition) is 2. The van der Waals surface area contributed by atoms with Gasteiger partial charge in [-0.2, -0.15) is 0 Å². The van der Waals surface area contributed by atoms with Crippen LogP contribution in [0.15, 0.2) is 22.8 Å². The topological polar surface area (TPSA) is 119 Å². The Morgan fingerprint density at radius 3 is 2.23 bits per heavy atom. The van der Waals surface area contributed by atoms with Crippen LogP contribution in [-0.2, 0) is 28.6 Å².